The van der Waals surface area contributed by atoms with Crippen molar-refractivity contribution < 1.29 is 0 Å². The third-order valence-electron chi connectivity index (χ3n) is 8.08. The summed E-state index contributed by atoms with van der Waals surface area (Å²) in [5, 5.41) is 0. The summed E-state index contributed by atoms with van der Waals surface area (Å²) in [7, 11) is 0. The van der Waals surface area contributed by atoms with Crippen molar-refractivity contribution in [3.8, 4) is 39.3 Å². The van der Waals surface area contributed by atoms with E-state index in [1.54, 1.807) is 0 Å². The van der Waals surface area contributed by atoms with Crippen LogP contribution in [0.2, 0.25) is 0 Å². The average molecular weight is 506 g/mol. The van der Waals surface area contributed by atoms with E-state index < -0.39 is 0 Å². The van der Waals surface area contributed by atoms with E-state index in [1.165, 1.54) is 59.9 Å². The molecule has 1 aliphatic rings. The van der Waals surface area contributed by atoms with E-state index in [4.69, 9.17) is 4.98 Å². The van der Waals surface area contributed by atoms with Gasteiger partial charge in [0, 0.05) is 29.2 Å². The van der Waals surface area contributed by atoms with Crippen LogP contribution in [0.3, 0.4) is 0 Å². The monoisotopic (exact) mass is 505 g/mol. The van der Waals surface area contributed by atoms with E-state index in [0.717, 1.165) is 28.1 Å². The number of para-hydroxylation sites is 3. The number of pyridine rings is 1. The van der Waals surface area contributed by atoms with Gasteiger partial charge >= 0.3 is 0 Å². The van der Waals surface area contributed by atoms with Crippen molar-refractivity contribution in [2.24, 2.45) is 0 Å². The highest BCUT2D eigenvalue weighted by Crippen LogP contribution is 2.38. The van der Waals surface area contributed by atoms with Gasteiger partial charge in [0.2, 0.25) is 0 Å². The van der Waals surface area contributed by atoms with E-state index in [9.17, 15) is 0 Å². The Hall–Kier alpha value is -4.50. The van der Waals surface area contributed by atoms with Crippen LogP contribution in [0.25, 0.3) is 50.4 Å². The van der Waals surface area contributed by atoms with Crippen LogP contribution in [-0.4, -0.2) is 14.5 Å². The van der Waals surface area contributed by atoms with E-state index in [1.807, 2.05) is 18.5 Å². The molecule has 0 radical (unpaired) electrons. The number of nitrogens with zero attached hydrogens (tertiary/aromatic N) is 3. The lowest BCUT2D eigenvalue weighted by molar-refractivity contribution is 0.444. The Morgan fingerprint density at radius 1 is 0.590 bits per heavy atom. The van der Waals surface area contributed by atoms with Crippen LogP contribution >= 0.6 is 0 Å². The van der Waals surface area contributed by atoms with Gasteiger partial charge in [-0.15, -0.1) is 0 Å². The van der Waals surface area contributed by atoms with Crippen molar-refractivity contribution >= 4 is 11.0 Å². The number of hydrogen-bond acceptors (Lipinski definition) is 2. The molecule has 2 aromatic heterocycles. The number of benzene rings is 4. The highest BCUT2D eigenvalue weighted by molar-refractivity contribution is 5.84. The number of aromatic nitrogens is 3. The first-order valence-electron chi connectivity index (χ1n) is 14.0. The standard InChI is InChI=1S/C36H31N3/c1-3-10-26(11-4-1)30-22-31(24-32(23-30)29-12-9-21-37-25-29)27-17-19-28(20-18-27)36-38-34-15-7-8-16-35(34)39(36)33-13-5-2-6-14-33/h2,5-9,12-26H,1,3-4,10-11H2. The molecule has 7 rings (SSSR count). The molecule has 0 aliphatic heterocycles. The molecular weight excluding hydrogens is 474 g/mol. The maximum Gasteiger partial charge on any atom is 0.145 e. The van der Waals surface area contributed by atoms with Crippen LogP contribution < -0.4 is 0 Å². The lowest BCUT2D eigenvalue weighted by atomic mass is 9.82. The first-order valence-corrected chi connectivity index (χ1v) is 14.0. The first-order chi connectivity index (χ1) is 19.3. The van der Waals surface area contributed by atoms with Gasteiger partial charge in [0.25, 0.3) is 0 Å². The smallest absolute Gasteiger partial charge is 0.145 e. The van der Waals surface area contributed by atoms with Crippen molar-refractivity contribution in [1.82, 2.24) is 14.5 Å². The molecule has 3 nitrogen and oxygen atoms in total. The second kappa shape index (κ2) is 10.3. The Balaban J connectivity index is 1.31. The molecule has 39 heavy (non-hydrogen) atoms. The molecule has 0 bridgehead atoms. The maximum atomic E-state index is 5.05. The van der Waals surface area contributed by atoms with Gasteiger partial charge in [-0.05, 0) is 77.4 Å². The maximum absolute atomic E-state index is 5.05. The lowest BCUT2D eigenvalue weighted by Crippen LogP contribution is -2.05. The van der Waals surface area contributed by atoms with E-state index >= 15 is 0 Å². The minimum Gasteiger partial charge on any atom is -0.292 e. The molecule has 190 valence electrons. The Morgan fingerprint density at radius 3 is 2.08 bits per heavy atom. The van der Waals surface area contributed by atoms with Crippen LogP contribution in [-0.2, 0) is 0 Å². The molecule has 2 heterocycles. The third kappa shape index (κ3) is 4.66. The quantitative estimate of drug-likeness (QED) is 0.234. The fourth-order valence-corrected chi connectivity index (χ4v) is 6.06. The van der Waals surface area contributed by atoms with E-state index in [-0.39, 0.29) is 0 Å². The molecule has 1 saturated carbocycles. The Labute approximate surface area is 229 Å². The van der Waals surface area contributed by atoms with Crippen LogP contribution in [0.1, 0.15) is 43.6 Å². The molecule has 0 amide bonds. The van der Waals surface area contributed by atoms with Gasteiger partial charge in [-0.2, -0.15) is 0 Å². The van der Waals surface area contributed by atoms with Gasteiger partial charge in [0.05, 0.1) is 11.0 Å². The van der Waals surface area contributed by atoms with E-state index in [2.05, 4.69) is 113 Å². The zero-order valence-electron chi connectivity index (χ0n) is 22.0. The van der Waals surface area contributed by atoms with Crippen molar-refractivity contribution in [2.45, 2.75) is 38.0 Å². The van der Waals surface area contributed by atoms with Gasteiger partial charge in [0.1, 0.15) is 5.82 Å². The molecule has 0 unspecified atom stereocenters. The van der Waals surface area contributed by atoms with Crippen LogP contribution in [0.15, 0.2) is 122 Å². The summed E-state index contributed by atoms with van der Waals surface area (Å²) in [5.41, 5.74) is 10.7. The van der Waals surface area contributed by atoms with Gasteiger partial charge in [-0.25, -0.2) is 4.98 Å². The summed E-state index contributed by atoms with van der Waals surface area (Å²) >= 11 is 0. The third-order valence-corrected chi connectivity index (χ3v) is 8.08. The molecular formula is C36H31N3. The van der Waals surface area contributed by atoms with Crippen LogP contribution in [0.4, 0.5) is 0 Å². The molecule has 0 saturated heterocycles. The summed E-state index contributed by atoms with van der Waals surface area (Å²) in [6.45, 7) is 0. The number of fused-ring (bicyclic) bond motifs is 1. The second-order valence-corrected chi connectivity index (χ2v) is 10.6. The lowest BCUT2D eigenvalue weighted by Gasteiger charge is -2.23. The summed E-state index contributed by atoms with van der Waals surface area (Å²) < 4.78 is 2.26. The highest BCUT2D eigenvalue weighted by Gasteiger charge is 2.18. The highest BCUT2D eigenvalue weighted by atomic mass is 15.1. The molecule has 0 N–H and O–H groups in total. The summed E-state index contributed by atoms with van der Waals surface area (Å²) in [6.07, 6.45) is 10.4. The zero-order chi connectivity index (χ0) is 26.0. The number of hydrogen-bond donors (Lipinski definition) is 0. The molecule has 3 heteroatoms. The molecule has 6 aromatic rings. The normalized spacial score (nSPS) is 14.1. The number of rotatable bonds is 5. The first kappa shape index (κ1) is 23.6. The molecule has 1 fully saturated rings. The predicted octanol–water partition coefficient (Wildman–Crippen LogP) is 9.47. The average Bonchev–Trinajstić information content (AvgIpc) is 3.42. The second-order valence-electron chi connectivity index (χ2n) is 10.6. The van der Waals surface area contributed by atoms with Crippen LogP contribution in [0.5, 0.6) is 0 Å². The van der Waals surface area contributed by atoms with Gasteiger partial charge < -0.3 is 0 Å². The molecule has 1 aliphatic carbocycles. The van der Waals surface area contributed by atoms with Gasteiger partial charge in [0.15, 0.2) is 0 Å². The molecule has 4 aromatic carbocycles. The minimum absolute atomic E-state index is 0.638. The molecule has 0 spiro atoms. The topological polar surface area (TPSA) is 30.7 Å². The predicted molar refractivity (Wildman–Crippen MR) is 161 cm³/mol. The van der Waals surface area contributed by atoms with E-state index in [0.29, 0.717) is 5.92 Å². The fraction of sp³-hybridized carbons (Fsp3) is 0.167. The van der Waals surface area contributed by atoms with Gasteiger partial charge in [-0.3, -0.25) is 9.55 Å². The van der Waals surface area contributed by atoms with Crippen LogP contribution in [0, 0.1) is 0 Å². The SMILES string of the molecule is c1ccc(-n2c(-c3ccc(-c4cc(-c5cccnc5)cc(C5CCCCC5)c4)cc3)nc3ccccc32)cc1. The van der Waals surface area contributed by atoms with Crippen molar-refractivity contribution in [1.29, 1.82) is 0 Å². The minimum atomic E-state index is 0.638. The number of imidazole rings is 1. The Kier molecular flexibility index (Phi) is 6.26. The van der Waals surface area contributed by atoms with Crippen molar-refractivity contribution in [3.05, 3.63) is 127 Å². The zero-order valence-corrected chi connectivity index (χ0v) is 22.0. The largest absolute Gasteiger partial charge is 0.292 e. The summed E-state index contributed by atoms with van der Waals surface area (Å²) in [5.74, 6) is 1.60. The summed E-state index contributed by atoms with van der Waals surface area (Å²) in [6, 6.07) is 39.1. The van der Waals surface area contributed by atoms with Crippen molar-refractivity contribution in [2.75, 3.05) is 0 Å². The molecule has 0 atom stereocenters. The van der Waals surface area contributed by atoms with Crippen molar-refractivity contribution in [3.63, 3.8) is 0 Å². The Bertz CT molecular complexity index is 1710. The summed E-state index contributed by atoms with van der Waals surface area (Å²) in [4.78, 5) is 9.44. The fourth-order valence-electron chi connectivity index (χ4n) is 6.06. The Morgan fingerprint density at radius 2 is 1.31 bits per heavy atom. The van der Waals surface area contributed by atoms with Gasteiger partial charge in [-0.1, -0.05) is 92.1 Å².